The van der Waals surface area contributed by atoms with E-state index in [1.165, 1.54) is 12.1 Å². The number of nitrogens with one attached hydrogen (secondary N) is 2. The topological polar surface area (TPSA) is 93.5 Å². The third-order valence-electron chi connectivity index (χ3n) is 3.12. The maximum Gasteiger partial charge on any atom is 0.311 e. The zero-order valence-corrected chi connectivity index (χ0v) is 17.1. The summed E-state index contributed by atoms with van der Waals surface area (Å²) in [5.74, 6) is -0.490. The minimum absolute atomic E-state index is 0.0228. The number of nitro groups is 1. The van der Waals surface area contributed by atoms with Crippen LogP contribution in [-0.4, -0.2) is 22.5 Å². The Hall–Kier alpha value is -1.98. The molecule has 2 aromatic rings. The molecule has 0 saturated carbocycles. The van der Waals surface area contributed by atoms with Crippen LogP contribution in [-0.2, 0) is 0 Å². The van der Waals surface area contributed by atoms with Gasteiger partial charge in [0.2, 0.25) is 0 Å². The smallest absolute Gasteiger partial charge is 0.311 e. The zero-order chi connectivity index (χ0) is 19.3. The number of nitro benzene ring substituents is 1. The van der Waals surface area contributed by atoms with Gasteiger partial charge in [0.05, 0.1) is 22.2 Å². The predicted molar refractivity (Wildman–Crippen MR) is 112 cm³/mol. The number of anilines is 1. The number of hydrogen-bond donors (Lipinski definition) is 2. The number of carbonyl (C=O) groups is 1. The Balaban J connectivity index is 2.12. The fourth-order valence-corrected chi connectivity index (χ4v) is 3.10. The number of hydrogen-bond acceptors (Lipinski definition) is 5. The summed E-state index contributed by atoms with van der Waals surface area (Å²) in [6.45, 7) is 1.99. The maximum absolute atomic E-state index is 12.3. The van der Waals surface area contributed by atoms with Crippen molar-refractivity contribution >= 4 is 68.8 Å². The molecule has 0 aromatic heterocycles. The highest BCUT2D eigenvalue weighted by atomic mass is 127. The van der Waals surface area contributed by atoms with E-state index in [9.17, 15) is 14.9 Å². The number of halogens is 2. The Morgan fingerprint density at radius 1 is 1.35 bits per heavy atom. The van der Waals surface area contributed by atoms with Crippen LogP contribution in [0, 0.1) is 13.7 Å². The van der Waals surface area contributed by atoms with Crippen molar-refractivity contribution in [2.45, 2.75) is 6.92 Å². The van der Waals surface area contributed by atoms with Gasteiger partial charge in [0.25, 0.3) is 5.91 Å². The minimum Gasteiger partial charge on any atom is -0.487 e. The van der Waals surface area contributed by atoms with Crippen molar-refractivity contribution < 1.29 is 14.5 Å². The maximum atomic E-state index is 12.3. The fourth-order valence-electron chi connectivity index (χ4n) is 2.00. The molecule has 10 heteroatoms. The molecule has 0 bridgehead atoms. The SMILES string of the molecule is CCOc1ccc(C(=O)NC(=S)Nc2ccc(I)cc2Cl)cc1[N+](=O)[O-]. The van der Waals surface area contributed by atoms with Gasteiger partial charge in [-0.2, -0.15) is 0 Å². The largest absolute Gasteiger partial charge is 0.487 e. The summed E-state index contributed by atoms with van der Waals surface area (Å²) in [6.07, 6.45) is 0. The predicted octanol–water partition coefficient (Wildman–Crippen LogP) is 4.38. The van der Waals surface area contributed by atoms with Crippen molar-refractivity contribution in [3.8, 4) is 5.75 Å². The molecule has 1 amide bonds. The van der Waals surface area contributed by atoms with Gasteiger partial charge in [-0.05, 0) is 72.1 Å². The first kappa shape index (κ1) is 20.3. The Labute approximate surface area is 173 Å². The average molecular weight is 506 g/mol. The van der Waals surface area contributed by atoms with Gasteiger partial charge in [0, 0.05) is 15.2 Å². The molecule has 0 heterocycles. The molecule has 26 heavy (non-hydrogen) atoms. The molecule has 7 nitrogen and oxygen atoms in total. The van der Waals surface area contributed by atoms with Crippen LogP contribution in [0.3, 0.4) is 0 Å². The van der Waals surface area contributed by atoms with E-state index >= 15 is 0 Å². The quantitative estimate of drug-likeness (QED) is 0.271. The number of carbonyl (C=O) groups excluding carboxylic acids is 1. The van der Waals surface area contributed by atoms with Gasteiger partial charge in [0.15, 0.2) is 10.9 Å². The van der Waals surface area contributed by atoms with E-state index in [0.717, 1.165) is 9.64 Å². The standard InChI is InChI=1S/C16H13ClIN3O4S/c1-2-25-14-6-3-9(7-13(14)21(23)24)15(22)20-16(26)19-12-5-4-10(18)8-11(12)17/h3-8H,2H2,1H3,(H2,19,20,22,26). The number of benzene rings is 2. The van der Waals surface area contributed by atoms with Gasteiger partial charge < -0.3 is 10.1 Å². The summed E-state index contributed by atoms with van der Waals surface area (Å²) in [4.78, 5) is 22.8. The molecule has 0 atom stereocenters. The molecule has 0 unspecified atom stereocenters. The second kappa shape index (κ2) is 9.10. The van der Waals surface area contributed by atoms with E-state index in [0.29, 0.717) is 10.7 Å². The Morgan fingerprint density at radius 3 is 2.69 bits per heavy atom. The summed E-state index contributed by atoms with van der Waals surface area (Å²) < 4.78 is 6.14. The van der Waals surface area contributed by atoms with Gasteiger partial charge >= 0.3 is 5.69 Å². The third-order valence-corrected chi connectivity index (χ3v) is 4.31. The van der Waals surface area contributed by atoms with Gasteiger partial charge in [-0.3, -0.25) is 20.2 Å². The minimum atomic E-state index is -0.607. The summed E-state index contributed by atoms with van der Waals surface area (Å²) >= 11 is 13.3. The molecule has 2 N–H and O–H groups in total. The van der Waals surface area contributed by atoms with E-state index in [2.05, 4.69) is 33.2 Å². The second-order valence-electron chi connectivity index (χ2n) is 4.91. The molecule has 2 aromatic carbocycles. The van der Waals surface area contributed by atoms with Crippen LogP contribution in [0.15, 0.2) is 36.4 Å². The van der Waals surface area contributed by atoms with Crippen molar-refractivity contribution in [1.82, 2.24) is 5.32 Å². The number of rotatable bonds is 5. The molecule has 0 radical (unpaired) electrons. The first-order valence-electron chi connectivity index (χ1n) is 7.30. The first-order chi connectivity index (χ1) is 12.3. The molecular formula is C16H13ClIN3O4S. The van der Waals surface area contributed by atoms with Gasteiger partial charge in [-0.15, -0.1) is 0 Å². The lowest BCUT2D eigenvalue weighted by atomic mass is 10.1. The second-order valence-corrected chi connectivity index (χ2v) is 6.97. The van der Waals surface area contributed by atoms with E-state index in [4.69, 9.17) is 28.6 Å². The lowest BCUT2D eigenvalue weighted by molar-refractivity contribution is -0.385. The molecular weight excluding hydrogens is 493 g/mol. The monoisotopic (exact) mass is 505 g/mol. The van der Waals surface area contributed by atoms with Gasteiger partial charge in [0.1, 0.15) is 0 Å². The van der Waals surface area contributed by atoms with Crippen LogP contribution in [0.2, 0.25) is 5.02 Å². The number of amides is 1. The first-order valence-corrected chi connectivity index (χ1v) is 9.17. The number of nitrogens with zero attached hydrogens (tertiary/aromatic N) is 1. The third kappa shape index (κ3) is 5.26. The van der Waals surface area contributed by atoms with Crippen molar-refractivity contribution in [2.24, 2.45) is 0 Å². The van der Waals surface area contributed by atoms with Crippen LogP contribution in [0.1, 0.15) is 17.3 Å². The Kier molecular flexibility index (Phi) is 7.12. The van der Waals surface area contributed by atoms with Crippen molar-refractivity contribution in [2.75, 3.05) is 11.9 Å². The summed E-state index contributed by atoms with van der Waals surface area (Å²) in [5, 5.41) is 16.9. The molecule has 0 aliphatic carbocycles. The van der Waals surface area contributed by atoms with E-state index in [1.54, 1.807) is 19.1 Å². The van der Waals surface area contributed by atoms with Gasteiger partial charge in [-0.1, -0.05) is 11.6 Å². The number of ether oxygens (including phenoxy) is 1. The average Bonchev–Trinajstić information content (AvgIpc) is 2.57. The highest BCUT2D eigenvalue weighted by Gasteiger charge is 2.19. The molecule has 2 rings (SSSR count). The van der Waals surface area contributed by atoms with Crippen molar-refractivity contribution in [3.63, 3.8) is 0 Å². The van der Waals surface area contributed by atoms with Crippen LogP contribution in [0.25, 0.3) is 0 Å². The zero-order valence-electron chi connectivity index (χ0n) is 13.4. The summed E-state index contributed by atoms with van der Waals surface area (Å²) in [7, 11) is 0. The van der Waals surface area contributed by atoms with E-state index in [-0.39, 0.29) is 28.7 Å². The molecule has 0 aliphatic rings. The van der Waals surface area contributed by atoms with Crippen LogP contribution >= 0.6 is 46.4 Å². The molecule has 0 spiro atoms. The lowest BCUT2D eigenvalue weighted by Gasteiger charge is -2.11. The van der Waals surface area contributed by atoms with E-state index in [1.807, 2.05) is 6.07 Å². The van der Waals surface area contributed by atoms with Crippen molar-refractivity contribution in [1.29, 1.82) is 0 Å². The summed E-state index contributed by atoms with van der Waals surface area (Å²) in [5.41, 5.74) is 0.326. The molecule has 0 aliphatic heterocycles. The van der Waals surface area contributed by atoms with Crippen LogP contribution in [0.5, 0.6) is 5.75 Å². The normalized spacial score (nSPS) is 10.1. The van der Waals surface area contributed by atoms with Gasteiger partial charge in [-0.25, -0.2) is 0 Å². The van der Waals surface area contributed by atoms with E-state index < -0.39 is 10.8 Å². The van der Waals surface area contributed by atoms with Crippen molar-refractivity contribution in [3.05, 3.63) is 60.7 Å². The lowest BCUT2D eigenvalue weighted by Crippen LogP contribution is -2.34. The Bertz CT molecular complexity index is 879. The van der Waals surface area contributed by atoms with Crippen LogP contribution in [0.4, 0.5) is 11.4 Å². The Morgan fingerprint density at radius 2 is 2.08 bits per heavy atom. The fraction of sp³-hybridized carbons (Fsp3) is 0.125. The summed E-state index contributed by atoms with van der Waals surface area (Å²) in [6, 6.07) is 9.24. The molecule has 0 fully saturated rings. The molecule has 136 valence electrons. The highest BCUT2D eigenvalue weighted by molar-refractivity contribution is 14.1. The highest BCUT2D eigenvalue weighted by Crippen LogP contribution is 2.28. The van der Waals surface area contributed by atoms with Crippen LogP contribution < -0.4 is 15.4 Å². The molecule has 0 saturated heterocycles. The number of thiocarbonyl (C=S) groups is 1.